The van der Waals surface area contributed by atoms with Crippen LogP contribution in [0.3, 0.4) is 0 Å². The number of rotatable bonds is 16. The van der Waals surface area contributed by atoms with Gasteiger partial charge in [-0.05, 0) is 12.8 Å². The molecule has 24 heavy (non-hydrogen) atoms. The van der Waals surface area contributed by atoms with Crippen LogP contribution in [0.15, 0.2) is 12.7 Å². The van der Waals surface area contributed by atoms with E-state index in [4.69, 9.17) is 14.2 Å². The van der Waals surface area contributed by atoms with E-state index in [9.17, 15) is 0 Å². The number of allylic oxidation sites excluding steroid dienone is 1. The normalized spacial score (nSPS) is 21.0. The summed E-state index contributed by atoms with van der Waals surface area (Å²) in [4.78, 5) is 0. The molecule has 2 atom stereocenters. The van der Waals surface area contributed by atoms with Crippen molar-refractivity contribution in [2.24, 2.45) is 0 Å². The molecule has 2 saturated heterocycles. The molecule has 0 saturated carbocycles. The van der Waals surface area contributed by atoms with Gasteiger partial charge in [-0.2, -0.15) is 0 Å². The third-order valence-electron chi connectivity index (χ3n) is 4.42. The first kappa shape index (κ1) is 21.7. The number of ether oxygens (including phenoxy) is 3. The summed E-state index contributed by atoms with van der Waals surface area (Å²) in [6.07, 6.45) is 19.8. The lowest BCUT2D eigenvalue weighted by molar-refractivity contribution is 0.102. The van der Waals surface area contributed by atoms with Crippen LogP contribution in [0.1, 0.15) is 84.0 Å². The Labute approximate surface area is 150 Å². The fraction of sp³-hybridized carbons (Fsp3) is 0.905. The van der Waals surface area contributed by atoms with E-state index in [0.29, 0.717) is 12.2 Å². The van der Waals surface area contributed by atoms with Crippen molar-refractivity contribution in [2.75, 3.05) is 26.4 Å². The van der Waals surface area contributed by atoms with Gasteiger partial charge in [-0.1, -0.05) is 77.2 Å². The molecular weight excluding hydrogens is 300 g/mol. The van der Waals surface area contributed by atoms with Crippen LogP contribution in [0.4, 0.5) is 0 Å². The Bertz CT molecular complexity index is 260. The molecule has 142 valence electrons. The standard InChI is InChI=1S/C15H30.C6H10O3/c1-3-5-7-9-11-13-15-14-12-10-8-6-4-2;1(5-3-8-5)7-2-6-4-9-6/h3H,1,4-15H2,2H3;5-6H,1-4H2. The first-order valence-corrected chi connectivity index (χ1v) is 10.3. The van der Waals surface area contributed by atoms with Gasteiger partial charge < -0.3 is 14.2 Å². The smallest absolute Gasteiger partial charge is 0.104 e. The molecule has 3 heteroatoms. The average molecular weight is 341 g/mol. The van der Waals surface area contributed by atoms with Crippen LogP contribution in [-0.2, 0) is 14.2 Å². The fourth-order valence-electron chi connectivity index (χ4n) is 2.61. The van der Waals surface area contributed by atoms with E-state index in [1.807, 2.05) is 6.08 Å². The van der Waals surface area contributed by atoms with Gasteiger partial charge in [0.2, 0.25) is 0 Å². The van der Waals surface area contributed by atoms with Gasteiger partial charge in [0.15, 0.2) is 0 Å². The monoisotopic (exact) mass is 340 g/mol. The van der Waals surface area contributed by atoms with Crippen molar-refractivity contribution in [3.05, 3.63) is 12.7 Å². The predicted octanol–water partition coefficient (Wildman–Crippen LogP) is 5.67. The second-order valence-electron chi connectivity index (χ2n) is 7.06. The molecule has 0 N–H and O–H groups in total. The lowest BCUT2D eigenvalue weighted by Gasteiger charge is -2.01. The van der Waals surface area contributed by atoms with Gasteiger partial charge in [-0.3, -0.25) is 0 Å². The first-order chi connectivity index (χ1) is 11.9. The van der Waals surface area contributed by atoms with Crippen LogP contribution in [0, 0.1) is 0 Å². The van der Waals surface area contributed by atoms with Crippen molar-refractivity contribution < 1.29 is 14.2 Å². The van der Waals surface area contributed by atoms with Gasteiger partial charge in [0, 0.05) is 0 Å². The fourth-order valence-corrected chi connectivity index (χ4v) is 2.61. The highest BCUT2D eigenvalue weighted by molar-refractivity contribution is 4.71. The van der Waals surface area contributed by atoms with Crippen molar-refractivity contribution in [2.45, 2.75) is 96.2 Å². The average Bonchev–Trinajstić information content (AvgIpc) is 3.49. The highest BCUT2D eigenvalue weighted by atomic mass is 16.6. The lowest BCUT2D eigenvalue weighted by Crippen LogP contribution is -2.06. The number of unbranched alkanes of at least 4 members (excludes halogenated alkanes) is 11. The zero-order valence-corrected chi connectivity index (χ0v) is 16.0. The third-order valence-corrected chi connectivity index (χ3v) is 4.42. The second kappa shape index (κ2) is 16.1. The SMILES string of the molecule is C(OCC1CO1)C1CO1.C=CCCCCCCCCCCCCC. The Morgan fingerprint density at radius 2 is 1.21 bits per heavy atom. The molecule has 0 radical (unpaired) electrons. The van der Waals surface area contributed by atoms with E-state index in [-0.39, 0.29) is 0 Å². The minimum Gasteiger partial charge on any atom is -0.376 e. The number of epoxide rings is 2. The van der Waals surface area contributed by atoms with Gasteiger partial charge in [0.05, 0.1) is 26.4 Å². The highest BCUT2D eigenvalue weighted by Gasteiger charge is 2.26. The topological polar surface area (TPSA) is 34.3 Å². The van der Waals surface area contributed by atoms with E-state index in [1.165, 1.54) is 77.0 Å². The summed E-state index contributed by atoms with van der Waals surface area (Å²) >= 11 is 0. The Balaban J connectivity index is 0.000000267. The molecule has 0 spiro atoms. The molecule has 2 unspecified atom stereocenters. The van der Waals surface area contributed by atoms with Crippen LogP contribution < -0.4 is 0 Å². The minimum atomic E-state index is 0.392. The summed E-state index contributed by atoms with van der Waals surface area (Å²) in [7, 11) is 0. The summed E-state index contributed by atoms with van der Waals surface area (Å²) in [5, 5.41) is 0. The zero-order chi connectivity index (χ0) is 17.3. The van der Waals surface area contributed by atoms with Crippen LogP contribution in [0.25, 0.3) is 0 Å². The quantitative estimate of drug-likeness (QED) is 0.206. The minimum absolute atomic E-state index is 0.392. The zero-order valence-electron chi connectivity index (χ0n) is 16.0. The van der Waals surface area contributed by atoms with Crippen LogP contribution in [-0.4, -0.2) is 38.6 Å². The van der Waals surface area contributed by atoms with Gasteiger partial charge in [0.25, 0.3) is 0 Å². The van der Waals surface area contributed by atoms with E-state index >= 15 is 0 Å². The van der Waals surface area contributed by atoms with E-state index in [1.54, 1.807) is 0 Å². The van der Waals surface area contributed by atoms with E-state index in [0.717, 1.165) is 26.4 Å². The van der Waals surface area contributed by atoms with Crippen molar-refractivity contribution in [1.82, 2.24) is 0 Å². The Morgan fingerprint density at radius 1 is 0.792 bits per heavy atom. The van der Waals surface area contributed by atoms with Crippen molar-refractivity contribution in [3.8, 4) is 0 Å². The number of hydrogen-bond donors (Lipinski definition) is 0. The maximum absolute atomic E-state index is 5.23. The molecule has 3 nitrogen and oxygen atoms in total. The molecule has 0 amide bonds. The maximum Gasteiger partial charge on any atom is 0.104 e. The second-order valence-corrected chi connectivity index (χ2v) is 7.06. The predicted molar refractivity (Wildman–Crippen MR) is 102 cm³/mol. The molecule has 0 aromatic carbocycles. The highest BCUT2D eigenvalue weighted by Crippen LogP contribution is 2.13. The van der Waals surface area contributed by atoms with Crippen molar-refractivity contribution in [3.63, 3.8) is 0 Å². The summed E-state index contributed by atoms with van der Waals surface area (Å²) in [5.41, 5.74) is 0. The molecule has 2 heterocycles. The molecule has 0 aromatic rings. The lowest BCUT2D eigenvalue weighted by atomic mass is 10.1. The summed E-state index contributed by atoms with van der Waals surface area (Å²) in [6, 6.07) is 0. The van der Waals surface area contributed by atoms with Crippen LogP contribution in [0.5, 0.6) is 0 Å². The van der Waals surface area contributed by atoms with Crippen molar-refractivity contribution >= 4 is 0 Å². The van der Waals surface area contributed by atoms with E-state index in [2.05, 4.69) is 13.5 Å². The summed E-state index contributed by atoms with van der Waals surface area (Å²) < 4.78 is 15.1. The van der Waals surface area contributed by atoms with Gasteiger partial charge >= 0.3 is 0 Å². The Hall–Kier alpha value is -0.380. The number of hydrogen-bond acceptors (Lipinski definition) is 3. The molecule has 0 aliphatic carbocycles. The summed E-state index contributed by atoms with van der Waals surface area (Å²) in [5.74, 6) is 0. The molecule has 2 aliphatic heterocycles. The largest absolute Gasteiger partial charge is 0.376 e. The molecule has 2 rings (SSSR count). The van der Waals surface area contributed by atoms with Gasteiger partial charge in [0.1, 0.15) is 12.2 Å². The molecule has 0 bridgehead atoms. The first-order valence-electron chi connectivity index (χ1n) is 10.3. The Morgan fingerprint density at radius 3 is 1.58 bits per heavy atom. The summed E-state index contributed by atoms with van der Waals surface area (Å²) in [6.45, 7) is 9.29. The van der Waals surface area contributed by atoms with Gasteiger partial charge in [-0.15, -0.1) is 6.58 Å². The maximum atomic E-state index is 5.23. The molecule has 2 fully saturated rings. The molecular formula is C21H40O3. The van der Waals surface area contributed by atoms with Crippen molar-refractivity contribution in [1.29, 1.82) is 0 Å². The van der Waals surface area contributed by atoms with Gasteiger partial charge in [-0.25, -0.2) is 0 Å². The third kappa shape index (κ3) is 16.5. The van der Waals surface area contributed by atoms with E-state index < -0.39 is 0 Å². The molecule has 0 aromatic heterocycles. The Kier molecular flexibility index (Phi) is 14.5. The molecule has 2 aliphatic rings. The van der Waals surface area contributed by atoms with Crippen LogP contribution >= 0.6 is 0 Å². The van der Waals surface area contributed by atoms with Crippen LogP contribution in [0.2, 0.25) is 0 Å².